The molecule has 0 spiro atoms. The quantitative estimate of drug-likeness (QED) is 0.371. The Morgan fingerprint density at radius 1 is 0.833 bits per heavy atom. The van der Waals surface area contributed by atoms with Gasteiger partial charge in [-0.25, -0.2) is 0 Å². The van der Waals surface area contributed by atoms with E-state index in [2.05, 4.69) is 5.32 Å². The van der Waals surface area contributed by atoms with Crippen molar-refractivity contribution in [2.24, 2.45) is 0 Å². The van der Waals surface area contributed by atoms with Crippen molar-refractivity contribution in [3.63, 3.8) is 0 Å². The molecule has 0 unspecified atom stereocenters. The van der Waals surface area contributed by atoms with Crippen molar-refractivity contribution in [3.05, 3.63) is 96.1 Å². The van der Waals surface area contributed by atoms with Crippen molar-refractivity contribution >= 4 is 51.3 Å². The van der Waals surface area contributed by atoms with Gasteiger partial charge in [0.2, 0.25) is 0 Å². The molecule has 0 saturated heterocycles. The summed E-state index contributed by atoms with van der Waals surface area (Å²) in [6.45, 7) is 2.18. The maximum atomic E-state index is 13.5. The fraction of sp³-hybridized carbons (Fsp3) is 0.138. The molecule has 4 aromatic carbocycles. The fourth-order valence-corrected chi connectivity index (χ4v) is 4.70. The van der Waals surface area contributed by atoms with Crippen molar-refractivity contribution in [1.82, 2.24) is 0 Å². The van der Waals surface area contributed by atoms with Gasteiger partial charge in [0.05, 0.1) is 22.6 Å². The molecular formula is C29H25N3O4. The lowest BCUT2D eigenvalue weighted by molar-refractivity contribution is -0.135. The van der Waals surface area contributed by atoms with Crippen LogP contribution in [0.1, 0.15) is 34.1 Å². The SMILES string of the molecule is CCCN1c2ccccc2C(=O)N(CC(=O)O)c2cc(NC(=O)c3cccc4ccccc34)ccc21. The first-order chi connectivity index (χ1) is 17.5. The van der Waals surface area contributed by atoms with Crippen molar-refractivity contribution in [2.75, 3.05) is 28.2 Å². The molecule has 0 bridgehead atoms. The van der Waals surface area contributed by atoms with Gasteiger partial charge in [-0.15, -0.1) is 0 Å². The number of carbonyl (C=O) groups is 3. The highest BCUT2D eigenvalue weighted by Crippen LogP contribution is 2.42. The number of rotatable bonds is 6. The molecule has 0 aliphatic carbocycles. The Hall–Kier alpha value is -4.65. The molecule has 4 aromatic rings. The van der Waals surface area contributed by atoms with Crippen LogP contribution >= 0.6 is 0 Å². The minimum Gasteiger partial charge on any atom is -0.480 e. The number of anilines is 4. The zero-order chi connectivity index (χ0) is 25.2. The van der Waals surface area contributed by atoms with Crippen LogP contribution in [0.4, 0.5) is 22.7 Å². The number of amides is 2. The van der Waals surface area contributed by atoms with Crippen LogP contribution in [0.25, 0.3) is 10.8 Å². The van der Waals surface area contributed by atoms with Gasteiger partial charge in [0, 0.05) is 17.8 Å². The van der Waals surface area contributed by atoms with Gasteiger partial charge in [0.1, 0.15) is 6.54 Å². The zero-order valence-electron chi connectivity index (χ0n) is 19.8. The van der Waals surface area contributed by atoms with E-state index in [0.717, 1.165) is 22.9 Å². The monoisotopic (exact) mass is 479 g/mol. The molecule has 0 fully saturated rings. The third kappa shape index (κ3) is 4.15. The third-order valence-electron chi connectivity index (χ3n) is 6.26. The van der Waals surface area contributed by atoms with Gasteiger partial charge in [-0.3, -0.25) is 19.3 Å². The smallest absolute Gasteiger partial charge is 0.323 e. The normalized spacial score (nSPS) is 12.6. The molecule has 0 atom stereocenters. The van der Waals surface area contributed by atoms with Gasteiger partial charge in [-0.05, 0) is 53.6 Å². The average Bonchev–Trinajstić information content (AvgIpc) is 2.98. The minimum absolute atomic E-state index is 0.287. The Morgan fingerprint density at radius 2 is 1.58 bits per heavy atom. The van der Waals surface area contributed by atoms with E-state index in [-0.39, 0.29) is 5.91 Å². The van der Waals surface area contributed by atoms with E-state index in [1.54, 1.807) is 30.3 Å². The van der Waals surface area contributed by atoms with Crippen LogP contribution in [0.5, 0.6) is 0 Å². The molecule has 1 heterocycles. The number of carbonyl (C=O) groups excluding carboxylic acids is 2. The summed E-state index contributed by atoms with van der Waals surface area (Å²) in [5.74, 6) is -1.81. The van der Waals surface area contributed by atoms with Crippen LogP contribution in [0.15, 0.2) is 84.9 Å². The second-order valence-corrected chi connectivity index (χ2v) is 8.64. The van der Waals surface area contributed by atoms with Gasteiger partial charge in [-0.1, -0.05) is 55.5 Å². The highest BCUT2D eigenvalue weighted by molar-refractivity contribution is 6.17. The Kier molecular flexibility index (Phi) is 6.12. The summed E-state index contributed by atoms with van der Waals surface area (Å²) in [6.07, 6.45) is 0.820. The number of hydrogen-bond acceptors (Lipinski definition) is 4. The van der Waals surface area contributed by atoms with Crippen molar-refractivity contribution in [2.45, 2.75) is 13.3 Å². The molecule has 36 heavy (non-hydrogen) atoms. The van der Waals surface area contributed by atoms with E-state index in [1.807, 2.05) is 66.4 Å². The molecule has 2 N–H and O–H groups in total. The Balaban J connectivity index is 1.59. The van der Waals surface area contributed by atoms with Crippen LogP contribution in [-0.2, 0) is 4.79 Å². The second-order valence-electron chi connectivity index (χ2n) is 8.64. The number of carboxylic acid groups (broad SMARTS) is 1. The Morgan fingerprint density at radius 3 is 2.39 bits per heavy atom. The van der Waals surface area contributed by atoms with E-state index in [1.165, 1.54) is 4.90 Å². The zero-order valence-corrected chi connectivity index (χ0v) is 19.8. The maximum absolute atomic E-state index is 13.5. The number of carboxylic acids is 1. The third-order valence-corrected chi connectivity index (χ3v) is 6.26. The molecule has 2 amide bonds. The van der Waals surface area contributed by atoms with Gasteiger partial charge >= 0.3 is 5.97 Å². The average molecular weight is 480 g/mol. The molecule has 5 rings (SSSR count). The number of benzene rings is 4. The summed E-state index contributed by atoms with van der Waals surface area (Å²) in [5.41, 5.74) is 3.30. The molecule has 0 saturated carbocycles. The molecule has 0 aromatic heterocycles. The largest absolute Gasteiger partial charge is 0.480 e. The van der Waals surface area contributed by atoms with Gasteiger partial charge in [0.15, 0.2) is 0 Å². The molecule has 7 heteroatoms. The summed E-state index contributed by atoms with van der Waals surface area (Å²) in [6, 6.07) is 25.7. The number of fused-ring (bicyclic) bond motifs is 3. The maximum Gasteiger partial charge on any atom is 0.323 e. The van der Waals surface area contributed by atoms with Crippen LogP contribution < -0.4 is 15.1 Å². The predicted molar refractivity (Wildman–Crippen MR) is 141 cm³/mol. The minimum atomic E-state index is -1.12. The molecule has 1 aliphatic heterocycles. The number of para-hydroxylation sites is 1. The van der Waals surface area contributed by atoms with E-state index in [4.69, 9.17) is 0 Å². The fourth-order valence-electron chi connectivity index (χ4n) is 4.70. The van der Waals surface area contributed by atoms with Gasteiger partial charge < -0.3 is 15.3 Å². The van der Waals surface area contributed by atoms with Crippen LogP contribution in [0, 0.1) is 0 Å². The first-order valence-corrected chi connectivity index (χ1v) is 11.8. The van der Waals surface area contributed by atoms with Crippen molar-refractivity contribution in [1.29, 1.82) is 0 Å². The first kappa shape index (κ1) is 23.1. The van der Waals surface area contributed by atoms with Gasteiger partial charge in [0.25, 0.3) is 11.8 Å². The van der Waals surface area contributed by atoms with Crippen LogP contribution in [0.2, 0.25) is 0 Å². The molecule has 7 nitrogen and oxygen atoms in total. The summed E-state index contributed by atoms with van der Waals surface area (Å²) in [4.78, 5) is 41.8. The Labute approximate surface area is 208 Å². The van der Waals surface area contributed by atoms with E-state index >= 15 is 0 Å². The van der Waals surface area contributed by atoms with Crippen LogP contribution in [0.3, 0.4) is 0 Å². The second kappa shape index (κ2) is 9.54. The van der Waals surface area contributed by atoms with Crippen molar-refractivity contribution < 1.29 is 19.5 Å². The summed E-state index contributed by atoms with van der Waals surface area (Å²) < 4.78 is 0. The summed E-state index contributed by atoms with van der Waals surface area (Å²) >= 11 is 0. The Bertz CT molecular complexity index is 1490. The topological polar surface area (TPSA) is 90.0 Å². The van der Waals surface area contributed by atoms with E-state index < -0.39 is 18.4 Å². The first-order valence-electron chi connectivity index (χ1n) is 11.8. The number of hydrogen-bond donors (Lipinski definition) is 2. The lowest BCUT2D eigenvalue weighted by Gasteiger charge is -2.27. The number of nitrogens with one attached hydrogen (secondary N) is 1. The molecular weight excluding hydrogens is 454 g/mol. The summed E-state index contributed by atoms with van der Waals surface area (Å²) in [5, 5.41) is 14.3. The standard InChI is InChI=1S/C29H25N3O4/c1-2-16-31-24-13-6-5-11-23(24)29(36)32(18-27(33)34)26-17-20(14-15-25(26)31)30-28(35)22-12-7-9-19-8-3-4-10-21(19)22/h3-15,17H,2,16,18H2,1H3,(H,30,35)(H,33,34). The lowest BCUT2D eigenvalue weighted by atomic mass is 10.0. The molecule has 1 aliphatic rings. The highest BCUT2D eigenvalue weighted by Gasteiger charge is 2.32. The van der Waals surface area contributed by atoms with Gasteiger partial charge in [-0.2, -0.15) is 0 Å². The van der Waals surface area contributed by atoms with E-state index in [9.17, 15) is 19.5 Å². The lowest BCUT2D eigenvalue weighted by Crippen LogP contribution is -2.35. The molecule has 0 radical (unpaired) electrons. The van der Waals surface area contributed by atoms with Crippen LogP contribution in [-0.4, -0.2) is 36.0 Å². The van der Waals surface area contributed by atoms with E-state index in [0.29, 0.717) is 34.7 Å². The van der Waals surface area contributed by atoms with Crippen molar-refractivity contribution in [3.8, 4) is 0 Å². The highest BCUT2D eigenvalue weighted by atomic mass is 16.4. The number of nitrogens with zero attached hydrogens (tertiary/aromatic N) is 2. The number of aliphatic carboxylic acids is 1. The summed E-state index contributed by atoms with van der Waals surface area (Å²) in [7, 11) is 0. The molecule has 180 valence electrons. The predicted octanol–water partition coefficient (Wildman–Crippen LogP) is 5.69.